The van der Waals surface area contributed by atoms with E-state index < -0.39 is 0 Å². The molecular weight excluding hydrogens is 232 g/mol. The van der Waals surface area contributed by atoms with Crippen LogP contribution in [0.2, 0.25) is 0 Å². The summed E-state index contributed by atoms with van der Waals surface area (Å²) in [6.45, 7) is 6.21. The van der Waals surface area contributed by atoms with Gasteiger partial charge in [-0.15, -0.1) is 6.58 Å². The fourth-order valence-electron chi connectivity index (χ4n) is 1.29. The van der Waals surface area contributed by atoms with Gasteiger partial charge in [-0.3, -0.25) is 4.79 Å². The lowest BCUT2D eigenvalue weighted by molar-refractivity contribution is 0.0956. The summed E-state index contributed by atoms with van der Waals surface area (Å²) < 4.78 is 0. The summed E-state index contributed by atoms with van der Waals surface area (Å²) in [5.41, 5.74) is 8.01. The van der Waals surface area contributed by atoms with E-state index in [2.05, 4.69) is 11.9 Å². The second kappa shape index (κ2) is 7.01. The molecule has 4 heteroatoms. The molecule has 0 aromatic heterocycles. The van der Waals surface area contributed by atoms with Gasteiger partial charge in [-0.2, -0.15) is 11.8 Å². The van der Waals surface area contributed by atoms with E-state index in [1.54, 1.807) is 23.9 Å². The van der Waals surface area contributed by atoms with Crippen molar-refractivity contribution in [2.45, 2.75) is 6.92 Å². The number of anilines is 1. The van der Waals surface area contributed by atoms with Crippen LogP contribution in [0.1, 0.15) is 15.9 Å². The maximum Gasteiger partial charge on any atom is 0.251 e. The number of benzene rings is 1. The molecule has 17 heavy (non-hydrogen) atoms. The van der Waals surface area contributed by atoms with Crippen molar-refractivity contribution in [2.24, 2.45) is 0 Å². The largest absolute Gasteiger partial charge is 0.398 e. The molecule has 3 nitrogen and oxygen atoms in total. The Hall–Kier alpha value is -1.42. The number of thioether (sulfide) groups is 1. The summed E-state index contributed by atoms with van der Waals surface area (Å²) in [6, 6.07) is 5.36. The first-order chi connectivity index (χ1) is 8.15. The van der Waals surface area contributed by atoms with Crippen molar-refractivity contribution in [3.05, 3.63) is 42.0 Å². The molecule has 0 aliphatic carbocycles. The lowest BCUT2D eigenvalue weighted by Gasteiger charge is -2.06. The van der Waals surface area contributed by atoms with Gasteiger partial charge in [-0.1, -0.05) is 12.1 Å². The molecule has 0 saturated heterocycles. The number of hydrogen-bond acceptors (Lipinski definition) is 3. The molecule has 0 aliphatic rings. The van der Waals surface area contributed by atoms with Crippen LogP contribution in [0.15, 0.2) is 30.9 Å². The number of amides is 1. The van der Waals surface area contributed by atoms with Gasteiger partial charge in [0.15, 0.2) is 0 Å². The van der Waals surface area contributed by atoms with E-state index in [1.807, 2.05) is 19.1 Å². The lowest BCUT2D eigenvalue weighted by Crippen LogP contribution is -2.25. The van der Waals surface area contributed by atoms with Gasteiger partial charge in [0.25, 0.3) is 5.91 Å². The number of aryl methyl sites for hydroxylation is 1. The van der Waals surface area contributed by atoms with Crippen LogP contribution < -0.4 is 11.1 Å². The number of rotatable bonds is 6. The van der Waals surface area contributed by atoms with Gasteiger partial charge in [-0.05, 0) is 24.6 Å². The van der Waals surface area contributed by atoms with E-state index in [-0.39, 0.29) is 5.91 Å². The Morgan fingerprint density at radius 2 is 2.35 bits per heavy atom. The summed E-state index contributed by atoms with van der Waals surface area (Å²) in [5.74, 6) is 1.72. The zero-order valence-corrected chi connectivity index (χ0v) is 10.8. The van der Waals surface area contributed by atoms with Gasteiger partial charge in [0.2, 0.25) is 0 Å². The minimum atomic E-state index is -0.0732. The van der Waals surface area contributed by atoms with Crippen LogP contribution in [0.4, 0.5) is 5.69 Å². The first kappa shape index (κ1) is 13.6. The highest BCUT2D eigenvalue weighted by Gasteiger charge is 2.05. The number of nitrogens with one attached hydrogen (secondary N) is 1. The molecule has 0 spiro atoms. The average Bonchev–Trinajstić information content (AvgIpc) is 2.32. The zero-order chi connectivity index (χ0) is 12.7. The van der Waals surface area contributed by atoms with Gasteiger partial charge < -0.3 is 11.1 Å². The molecule has 0 saturated carbocycles. The van der Waals surface area contributed by atoms with Gasteiger partial charge in [0.05, 0.1) is 0 Å². The SMILES string of the molecule is C=CCSCCNC(=O)c1ccc(C)c(N)c1. The highest BCUT2D eigenvalue weighted by atomic mass is 32.2. The van der Waals surface area contributed by atoms with Crippen molar-refractivity contribution in [1.82, 2.24) is 5.32 Å². The first-order valence-electron chi connectivity index (χ1n) is 5.48. The quantitative estimate of drug-likeness (QED) is 0.462. The maximum atomic E-state index is 11.7. The molecule has 1 amide bonds. The van der Waals surface area contributed by atoms with Crippen LogP contribution in [-0.4, -0.2) is 24.0 Å². The highest BCUT2D eigenvalue weighted by molar-refractivity contribution is 7.99. The van der Waals surface area contributed by atoms with Gasteiger partial charge in [0, 0.05) is 29.3 Å². The maximum absolute atomic E-state index is 11.7. The second-order valence-electron chi connectivity index (χ2n) is 3.69. The predicted octanol–water partition coefficient (Wildman–Crippen LogP) is 2.23. The van der Waals surface area contributed by atoms with E-state index in [4.69, 9.17) is 5.73 Å². The lowest BCUT2D eigenvalue weighted by atomic mass is 10.1. The van der Waals surface area contributed by atoms with E-state index in [0.29, 0.717) is 17.8 Å². The van der Waals surface area contributed by atoms with Gasteiger partial charge in [0.1, 0.15) is 0 Å². The smallest absolute Gasteiger partial charge is 0.251 e. The van der Waals surface area contributed by atoms with E-state index in [1.165, 1.54) is 0 Å². The summed E-state index contributed by atoms with van der Waals surface area (Å²) in [4.78, 5) is 11.7. The molecule has 1 rings (SSSR count). The Balaban J connectivity index is 2.41. The van der Waals surface area contributed by atoms with Crippen molar-refractivity contribution < 1.29 is 4.79 Å². The molecule has 0 fully saturated rings. The third-order valence-corrected chi connectivity index (χ3v) is 3.27. The fraction of sp³-hybridized carbons (Fsp3) is 0.308. The van der Waals surface area contributed by atoms with Crippen LogP contribution in [0, 0.1) is 6.92 Å². The van der Waals surface area contributed by atoms with E-state index >= 15 is 0 Å². The number of carbonyl (C=O) groups is 1. The average molecular weight is 250 g/mol. The van der Waals surface area contributed by atoms with Crippen LogP contribution >= 0.6 is 11.8 Å². The Bertz CT molecular complexity index is 404. The molecule has 1 aromatic carbocycles. The number of hydrogen-bond donors (Lipinski definition) is 2. The summed E-state index contributed by atoms with van der Waals surface area (Å²) >= 11 is 1.74. The molecule has 0 heterocycles. The summed E-state index contributed by atoms with van der Waals surface area (Å²) in [7, 11) is 0. The Kier molecular flexibility index (Phi) is 5.63. The third kappa shape index (κ3) is 4.53. The van der Waals surface area contributed by atoms with Crippen molar-refractivity contribution in [3.63, 3.8) is 0 Å². The molecule has 0 atom stereocenters. The van der Waals surface area contributed by atoms with E-state index in [9.17, 15) is 4.79 Å². The molecule has 0 radical (unpaired) electrons. The summed E-state index contributed by atoms with van der Waals surface area (Å²) in [6.07, 6.45) is 1.85. The number of carbonyl (C=O) groups excluding carboxylic acids is 1. The molecule has 0 unspecified atom stereocenters. The highest BCUT2D eigenvalue weighted by Crippen LogP contribution is 2.12. The fourth-order valence-corrected chi connectivity index (χ4v) is 1.87. The number of nitrogens with two attached hydrogens (primary N) is 1. The van der Waals surface area contributed by atoms with Crippen molar-refractivity contribution in [1.29, 1.82) is 0 Å². The van der Waals surface area contributed by atoms with E-state index in [0.717, 1.165) is 17.1 Å². The van der Waals surface area contributed by atoms with Gasteiger partial charge in [-0.25, -0.2) is 0 Å². The zero-order valence-electron chi connectivity index (χ0n) is 10.0. The standard InChI is InChI=1S/C13H18N2OS/c1-3-7-17-8-6-15-13(16)11-5-4-10(2)12(14)9-11/h3-5,9H,1,6-8,14H2,2H3,(H,15,16). The van der Waals surface area contributed by atoms with Crippen LogP contribution in [-0.2, 0) is 0 Å². The topological polar surface area (TPSA) is 55.1 Å². The minimum absolute atomic E-state index is 0.0732. The van der Waals surface area contributed by atoms with Crippen LogP contribution in [0.3, 0.4) is 0 Å². The number of nitrogen functional groups attached to an aromatic ring is 1. The van der Waals surface area contributed by atoms with Gasteiger partial charge >= 0.3 is 0 Å². The Labute approximate surface area is 106 Å². The Morgan fingerprint density at radius 1 is 1.59 bits per heavy atom. The monoisotopic (exact) mass is 250 g/mol. The first-order valence-corrected chi connectivity index (χ1v) is 6.63. The molecule has 92 valence electrons. The third-order valence-electron chi connectivity index (χ3n) is 2.31. The Morgan fingerprint density at radius 3 is 3.00 bits per heavy atom. The molecular formula is C13H18N2OS. The normalized spacial score (nSPS) is 9.94. The molecule has 0 bridgehead atoms. The molecule has 0 aliphatic heterocycles. The van der Waals surface area contributed by atoms with Crippen molar-refractivity contribution >= 4 is 23.4 Å². The minimum Gasteiger partial charge on any atom is -0.398 e. The van der Waals surface area contributed by atoms with Crippen molar-refractivity contribution in [3.8, 4) is 0 Å². The van der Waals surface area contributed by atoms with Crippen LogP contribution in [0.25, 0.3) is 0 Å². The predicted molar refractivity (Wildman–Crippen MR) is 75.4 cm³/mol. The van der Waals surface area contributed by atoms with Crippen LogP contribution in [0.5, 0.6) is 0 Å². The summed E-state index contributed by atoms with van der Waals surface area (Å²) in [5, 5.41) is 2.85. The molecule has 3 N–H and O–H groups in total. The van der Waals surface area contributed by atoms with Crippen molar-refractivity contribution in [2.75, 3.05) is 23.8 Å². The second-order valence-corrected chi connectivity index (χ2v) is 4.84. The molecule has 1 aromatic rings.